The maximum absolute atomic E-state index is 13.9. The molecule has 0 aliphatic heterocycles. The highest BCUT2D eigenvalue weighted by molar-refractivity contribution is 7.89. The van der Waals surface area contributed by atoms with Crippen LogP contribution in [0, 0.1) is 5.82 Å². The third kappa shape index (κ3) is 5.31. The van der Waals surface area contributed by atoms with Crippen molar-refractivity contribution in [2.75, 3.05) is 13.6 Å². The molecule has 3 rings (SSSR count). The number of sulfonamides is 1. The van der Waals surface area contributed by atoms with E-state index in [4.69, 9.17) is 0 Å². The third-order valence-electron chi connectivity index (χ3n) is 4.69. The van der Waals surface area contributed by atoms with Gasteiger partial charge >= 0.3 is 0 Å². The molecule has 0 saturated heterocycles. The van der Waals surface area contributed by atoms with E-state index in [1.165, 1.54) is 30.1 Å². The minimum atomic E-state index is -3.90. The highest BCUT2D eigenvalue weighted by atomic mass is 32.2. The molecular weight excluding hydrogens is 403 g/mol. The second-order valence-corrected chi connectivity index (χ2v) is 8.85. The van der Waals surface area contributed by atoms with Crippen LogP contribution in [0.5, 0.6) is 0 Å². The SMILES string of the molecule is CN(Cc1ccccc1F)C(=O)CN(Cc1ccccc1)S(=O)(=O)c1ccccc1. The van der Waals surface area contributed by atoms with E-state index in [1.807, 2.05) is 18.2 Å². The first-order chi connectivity index (χ1) is 14.4. The van der Waals surface area contributed by atoms with E-state index in [0.717, 1.165) is 9.87 Å². The molecule has 0 bridgehead atoms. The smallest absolute Gasteiger partial charge is 0.243 e. The van der Waals surface area contributed by atoms with Crippen LogP contribution in [-0.2, 0) is 27.9 Å². The van der Waals surface area contributed by atoms with Crippen LogP contribution >= 0.6 is 0 Å². The van der Waals surface area contributed by atoms with E-state index in [1.54, 1.807) is 48.5 Å². The number of likely N-dealkylation sites (N-methyl/N-ethyl adjacent to an activating group) is 1. The Morgan fingerprint density at radius 2 is 1.40 bits per heavy atom. The second kappa shape index (κ2) is 9.65. The van der Waals surface area contributed by atoms with Crippen LogP contribution in [0.25, 0.3) is 0 Å². The van der Waals surface area contributed by atoms with E-state index in [9.17, 15) is 17.6 Å². The van der Waals surface area contributed by atoms with Crippen molar-refractivity contribution in [3.63, 3.8) is 0 Å². The van der Waals surface area contributed by atoms with Gasteiger partial charge in [-0.2, -0.15) is 4.31 Å². The molecule has 0 N–H and O–H groups in total. The van der Waals surface area contributed by atoms with Crippen molar-refractivity contribution in [3.8, 4) is 0 Å². The van der Waals surface area contributed by atoms with Crippen LogP contribution < -0.4 is 0 Å². The maximum Gasteiger partial charge on any atom is 0.243 e. The van der Waals surface area contributed by atoms with Gasteiger partial charge in [-0.15, -0.1) is 0 Å². The molecule has 7 heteroatoms. The van der Waals surface area contributed by atoms with E-state index in [-0.39, 0.29) is 24.5 Å². The summed E-state index contributed by atoms with van der Waals surface area (Å²) in [6.45, 7) is -0.246. The number of hydrogen-bond donors (Lipinski definition) is 0. The standard InChI is InChI=1S/C23H23FN2O3S/c1-25(17-20-12-8-9-15-22(20)24)23(27)18-26(16-19-10-4-2-5-11-19)30(28,29)21-13-6-3-7-14-21/h2-15H,16-18H2,1H3. The topological polar surface area (TPSA) is 57.7 Å². The molecule has 5 nitrogen and oxygen atoms in total. The summed E-state index contributed by atoms with van der Waals surface area (Å²) in [7, 11) is -2.36. The first-order valence-corrected chi connectivity index (χ1v) is 10.9. The molecule has 0 atom stereocenters. The number of amides is 1. The Balaban J connectivity index is 1.83. The van der Waals surface area contributed by atoms with Gasteiger partial charge in [0.2, 0.25) is 15.9 Å². The fraction of sp³-hybridized carbons (Fsp3) is 0.174. The summed E-state index contributed by atoms with van der Waals surface area (Å²) in [6.07, 6.45) is 0. The van der Waals surface area contributed by atoms with Crippen molar-refractivity contribution < 1.29 is 17.6 Å². The summed E-state index contributed by atoms with van der Waals surface area (Å²) in [5.74, 6) is -0.830. The van der Waals surface area contributed by atoms with Crippen molar-refractivity contribution in [1.82, 2.24) is 9.21 Å². The van der Waals surface area contributed by atoms with E-state index in [0.29, 0.717) is 5.56 Å². The second-order valence-electron chi connectivity index (χ2n) is 6.91. The van der Waals surface area contributed by atoms with Crippen molar-refractivity contribution in [3.05, 3.63) is 102 Å². The molecule has 3 aromatic rings. The molecule has 0 heterocycles. The molecule has 0 aliphatic rings. The molecule has 0 aliphatic carbocycles. The van der Waals surface area contributed by atoms with Gasteiger partial charge in [0.25, 0.3) is 0 Å². The average Bonchev–Trinajstić information content (AvgIpc) is 2.76. The summed E-state index contributed by atoms with van der Waals surface area (Å²) in [5.41, 5.74) is 1.13. The predicted molar refractivity (Wildman–Crippen MR) is 113 cm³/mol. The largest absolute Gasteiger partial charge is 0.340 e. The zero-order chi connectivity index (χ0) is 21.6. The lowest BCUT2D eigenvalue weighted by Gasteiger charge is -2.25. The monoisotopic (exact) mass is 426 g/mol. The third-order valence-corrected chi connectivity index (χ3v) is 6.49. The van der Waals surface area contributed by atoms with Gasteiger partial charge in [0.1, 0.15) is 5.82 Å². The maximum atomic E-state index is 13.9. The van der Waals surface area contributed by atoms with Crippen molar-refractivity contribution >= 4 is 15.9 Å². The quantitative estimate of drug-likeness (QED) is 0.552. The minimum Gasteiger partial charge on any atom is -0.340 e. The molecule has 0 fully saturated rings. The van der Waals surface area contributed by atoms with Gasteiger partial charge < -0.3 is 4.90 Å². The Bertz CT molecular complexity index is 1090. The van der Waals surface area contributed by atoms with Crippen molar-refractivity contribution in [2.45, 2.75) is 18.0 Å². The summed E-state index contributed by atoms with van der Waals surface area (Å²) >= 11 is 0. The first kappa shape index (κ1) is 21.7. The van der Waals surface area contributed by atoms with Crippen LogP contribution in [0.4, 0.5) is 4.39 Å². The molecule has 0 saturated carbocycles. The Kier molecular flexibility index (Phi) is 6.97. The zero-order valence-corrected chi connectivity index (χ0v) is 17.4. The molecule has 0 unspecified atom stereocenters. The van der Waals surface area contributed by atoms with Gasteiger partial charge in [0.05, 0.1) is 11.4 Å². The molecule has 156 valence electrons. The number of hydrogen-bond acceptors (Lipinski definition) is 3. The van der Waals surface area contributed by atoms with Crippen LogP contribution in [-0.4, -0.2) is 37.1 Å². The number of nitrogens with zero attached hydrogens (tertiary/aromatic N) is 2. The van der Waals surface area contributed by atoms with Gasteiger partial charge in [-0.25, -0.2) is 12.8 Å². The Labute approximate surface area is 176 Å². The Morgan fingerprint density at radius 1 is 0.833 bits per heavy atom. The molecule has 0 radical (unpaired) electrons. The number of halogens is 1. The summed E-state index contributed by atoms with van der Waals surface area (Å²) < 4.78 is 41.5. The number of rotatable bonds is 8. The molecule has 30 heavy (non-hydrogen) atoms. The van der Waals surface area contributed by atoms with Gasteiger partial charge in [-0.1, -0.05) is 66.7 Å². The summed E-state index contributed by atoms with van der Waals surface area (Å²) in [5, 5.41) is 0. The van der Waals surface area contributed by atoms with Gasteiger partial charge in [0.15, 0.2) is 0 Å². The molecule has 0 aromatic heterocycles. The highest BCUT2D eigenvalue weighted by Crippen LogP contribution is 2.19. The minimum absolute atomic E-state index is 0.0517. The van der Waals surface area contributed by atoms with Crippen LogP contribution in [0.2, 0.25) is 0 Å². The van der Waals surface area contributed by atoms with Crippen LogP contribution in [0.15, 0.2) is 89.8 Å². The molecule has 1 amide bonds. The number of carbonyl (C=O) groups is 1. The fourth-order valence-electron chi connectivity index (χ4n) is 3.00. The van der Waals surface area contributed by atoms with E-state index in [2.05, 4.69) is 0 Å². The first-order valence-electron chi connectivity index (χ1n) is 9.44. The highest BCUT2D eigenvalue weighted by Gasteiger charge is 2.28. The molecular formula is C23H23FN2O3S. The predicted octanol–water partition coefficient (Wildman–Crippen LogP) is 3.68. The lowest BCUT2D eigenvalue weighted by atomic mass is 10.2. The van der Waals surface area contributed by atoms with Gasteiger partial charge in [-0.05, 0) is 23.8 Å². The van der Waals surface area contributed by atoms with Crippen molar-refractivity contribution in [1.29, 1.82) is 0 Å². The summed E-state index contributed by atoms with van der Waals surface area (Å²) in [6, 6.07) is 23.3. The molecule has 3 aromatic carbocycles. The van der Waals surface area contributed by atoms with E-state index < -0.39 is 21.7 Å². The van der Waals surface area contributed by atoms with Crippen molar-refractivity contribution in [2.24, 2.45) is 0 Å². The lowest BCUT2D eigenvalue weighted by molar-refractivity contribution is -0.130. The zero-order valence-electron chi connectivity index (χ0n) is 16.6. The van der Waals surface area contributed by atoms with E-state index >= 15 is 0 Å². The summed E-state index contributed by atoms with van der Waals surface area (Å²) in [4.78, 5) is 14.3. The average molecular weight is 427 g/mol. The van der Waals surface area contributed by atoms with Crippen LogP contribution in [0.3, 0.4) is 0 Å². The Morgan fingerprint density at radius 3 is 2.03 bits per heavy atom. The Hall–Kier alpha value is -3.03. The number of carbonyl (C=O) groups excluding carboxylic acids is 1. The fourth-order valence-corrected chi connectivity index (χ4v) is 4.39. The van der Waals surface area contributed by atoms with Gasteiger partial charge in [0, 0.05) is 25.7 Å². The molecule has 0 spiro atoms. The van der Waals surface area contributed by atoms with Gasteiger partial charge in [-0.3, -0.25) is 4.79 Å². The van der Waals surface area contributed by atoms with Crippen LogP contribution in [0.1, 0.15) is 11.1 Å². The lowest BCUT2D eigenvalue weighted by Crippen LogP contribution is -2.41. The number of benzene rings is 3. The normalized spacial score (nSPS) is 11.4.